The standard InChI is InChI=1S/C18H22N2O3/c1-20-10-5-6-15(12-20)19-18(21)17-14(9-11-22-17)13-23-16-7-3-2-4-8-16/h2-4,7-9,11,15H,5-6,10,12-13H2,1H3,(H,19,21)/t15-/m0/s1. The molecule has 1 aliphatic rings. The molecule has 3 rings (SSSR count). The minimum Gasteiger partial charge on any atom is -0.489 e. The summed E-state index contributed by atoms with van der Waals surface area (Å²) in [7, 11) is 2.07. The van der Waals surface area contributed by atoms with E-state index in [4.69, 9.17) is 9.15 Å². The maximum atomic E-state index is 12.4. The summed E-state index contributed by atoms with van der Waals surface area (Å²) in [5.74, 6) is 0.949. The number of likely N-dealkylation sites (tertiary alicyclic amines) is 1. The molecule has 1 N–H and O–H groups in total. The molecule has 5 heteroatoms. The van der Waals surface area contributed by atoms with Crippen LogP contribution in [0.15, 0.2) is 47.1 Å². The second-order valence-electron chi connectivity index (χ2n) is 5.95. The summed E-state index contributed by atoms with van der Waals surface area (Å²) in [6, 6.07) is 11.5. The van der Waals surface area contributed by atoms with Gasteiger partial charge in [0, 0.05) is 18.2 Å². The molecule has 1 saturated heterocycles. The minimum atomic E-state index is -0.165. The van der Waals surface area contributed by atoms with Crippen LogP contribution in [0.1, 0.15) is 29.0 Å². The van der Waals surface area contributed by atoms with Gasteiger partial charge in [-0.1, -0.05) is 18.2 Å². The van der Waals surface area contributed by atoms with Crippen molar-refractivity contribution in [3.63, 3.8) is 0 Å². The van der Waals surface area contributed by atoms with Crippen molar-refractivity contribution in [2.75, 3.05) is 20.1 Å². The third-order valence-corrected chi connectivity index (χ3v) is 4.05. The van der Waals surface area contributed by atoms with E-state index in [-0.39, 0.29) is 11.9 Å². The van der Waals surface area contributed by atoms with E-state index in [2.05, 4.69) is 17.3 Å². The number of likely N-dealkylation sites (N-methyl/N-ethyl adjacent to an activating group) is 1. The highest BCUT2D eigenvalue weighted by molar-refractivity contribution is 5.93. The van der Waals surface area contributed by atoms with Crippen LogP contribution in [-0.2, 0) is 6.61 Å². The minimum absolute atomic E-state index is 0.165. The molecule has 0 radical (unpaired) electrons. The van der Waals surface area contributed by atoms with Gasteiger partial charge >= 0.3 is 0 Å². The number of carbonyl (C=O) groups excluding carboxylic acids is 1. The fourth-order valence-corrected chi connectivity index (χ4v) is 2.86. The van der Waals surface area contributed by atoms with Crippen molar-refractivity contribution < 1.29 is 13.9 Å². The first-order valence-electron chi connectivity index (χ1n) is 7.96. The lowest BCUT2D eigenvalue weighted by Gasteiger charge is -2.30. The van der Waals surface area contributed by atoms with Crippen molar-refractivity contribution in [1.29, 1.82) is 0 Å². The monoisotopic (exact) mass is 314 g/mol. The number of nitrogens with zero attached hydrogens (tertiary/aromatic N) is 1. The van der Waals surface area contributed by atoms with Gasteiger partial charge in [-0.15, -0.1) is 0 Å². The Morgan fingerprint density at radius 3 is 2.96 bits per heavy atom. The van der Waals surface area contributed by atoms with Crippen LogP contribution in [0.3, 0.4) is 0 Å². The predicted molar refractivity (Wildman–Crippen MR) is 87.5 cm³/mol. The Kier molecular flexibility index (Phi) is 4.98. The van der Waals surface area contributed by atoms with Crippen molar-refractivity contribution in [3.8, 4) is 5.75 Å². The molecule has 0 spiro atoms. The molecule has 1 fully saturated rings. The quantitative estimate of drug-likeness (QED) is 0.922. The zero-order valence-corrected chi connectivity index (χ0v) is 13.3. The lowest BCUT2D eigenvalue weighted by molar-refractivity contribution is 0.0881. The Bertz CT molecular complexity index is 639. The van der Waals surface area contributed by atoms with E-state index < -0.39 is 0 Å². The number of hydrogen-bond acceptors (Lipinski definition) is 4. The fourth-order valence-electron chi connectivity index (χ4n) is 2.86. The molecule has 0 unspecified atom stereocenters. The lowest BCUT2D eigenvalue weighted by Crippen LogP contribution is -2.46. The number of amides is 1. The number of furan rings is 1. The lowest BCUT2D eigenvalue weighted by atomic mass is 10.1. The molecule has 5 nitrogen and oxygen atoms in total. The molecule has 0 saturated carbocycles. The summed E-state index contributed by atoms with van der Waals surface area (Å²) in [5, 5.41) is 3.06. The van der Waals surface area contributed by atoms with Crippen LogP contribution in [0.25, 0.3) is 0 Å². The fraction of sp³-hybridized carbons (Fsp3) is 0.389. The van der Waals surface area contributed by atoms with E-state index in [1.165, 1.54) is 6.26 Å². The van der Waals surface area contributed by atoms with Crippen LogP contribution in [-0.4, -0.2) is 37.0 Å². The number of benzene rings is 1. The highest BCUT2D eigenvalue weighted by atomic mass is 16.5. The van der Waals surface area contributed by atoms with E-state index in [0.29, 0.717) is 12.4 Å². The Hall–Kier alpha value is -2.27. The second-order valence-corrected chi connectivity index (χ2v) is 5.95. The molecule has 1 aliphatic heterocycles. The summed E-state index contributed by atoms with van der Waals surface area (Å²) in [4.78, 5) is 14.7. The molecule has 1 amide bonds. The van der Waals surface area contributed by atoms with Gasteiger partial charge in [-0.3, -0.25) is 4.79 Å². The second kappa shape index (κ2) is 7.33. The van der Waals surface area contributed by atoms with E-state index in [1.54, 1.807) is 6.07 Å². The molecule has 2 aromatic rings. The van der Waals surface area contributed by atoms with Crippen molar-refractivity contribution in [2.45, 2.75) is 25.5 Å². The number of para-hydroxylation sites is 1. The molecule has 2 heterocycles. The van der Waals surface area contributed by atoms with Gasteiger partial charge in [0.25, 0.3) is 5.91 Å². The van der Waals surface area contributed by atoms with Crippen LogP contribution in [0.4, 0.5) is 0 Å². The SMILES string of the molecule is CN1CCC[C@H](NC(=O)c2occc2COc2ccccc2)C1. The smallest absolute Gasteiger partial charge is 0.287 e. The topological polar surface area (TPSA) is 54.7 Å². The Labute approximate surface area is 136 Å². The maximum Gasteiger partial charge on any atom is 0.287 e. The third-order valence-electron chi connectivity index (χ3n) is 4.05. The van der Waals surface area contributed by atoms with E-state index in [0.717, 1.165) is 37.2 Å². The van der Waals surface area contributed by atoms with Crippen LogP contribution < -0.4 is 10.1 Å². The molecule has 122 valence electrons. The van der Waals surface area contributed by atoms with E-state index in [9.17, 15) is 4.79 Å². The van der Waals surface area contributed by atoms with Gasteiger partial charge in [-0.05, 0) is 44.6 Å². The van der Waals surface area contributed by atoms with Crippen LogP contribution in [0.2, 0.25) is 0 Å². The highest BCUT2D eigenvalue weighted by Gasteiger charge is 2.22. The van der Waals surface area contributed by atoms with Crippen molar-refractivity contribution in [2.24, 2.45) is 0 Å². The van der Waals surface area contributed by atoms with Gasteiger partial charge in [0.1, 0.15) is 12.4 Å². The van der Waals surface area contributed by atoms with Gasteiger partial charge in [0.05, 0.1) is 6.26 Å². The summed E-state index contributed by atoms with van der Waals surface area (Å²) >= 11 is 0. The number of hydrogen-bond donors (Lipinski definition) is 1. The Balaban J connectivity index is 1.59. The summed E-state index contributed by atoms with van der Waals surface area (Å²) in [5.41, 5.74) is 0.760. The van der Waals surface area contributed by atoms with Crippen LogP contribution >= 0.6 is 0 Å². The number of piperidine rings is 1. The first-order chi connectivity index (χ1) is 11.2. The number of nitrogens with one attached hydrogen (secondary N) is 1. The molecule has 0 bridgehead atoms. The first-order valence-corrected chi connectivity index (χ1v) is 7.96. The zero-order valence-electron chi connectivity index (χ0n) is 13.3. The van der Waals surface area contributed by atoms with Crippen LogP contribution in [0.5, 0.6) is 5.75 Å². The molecular weight excluding hydrogens is 292 g/mol. The first kappa shape index (κ1) is 15.6. The van der Waals surface area contributed by atoms with Crippen molar-refractivity contribution in [1.82, 2.24) is 10.2 Å². The molecule has 1 aromatic heterocycles. The Morgan fingerprint density at radius 1 is 1.35 bits per heavy atom. The summed E-state index contributed by atoms with van der Waals surface area (Å²) < 4.78 is 11.1. The average Bonchev–Trinajstić information content (AvgIpc) is 3.02. The molecule has 1 aromatic carbocycles. The number of ether oxygens (including phenoxy) is 1. The van der Waals surface area contributed by atoms with Gasteiger partial charge in [-0.2, -0.15) is 0 Å². The predicted octanol–water partition coefficient (Wildman–Crippen LogP) is 2.68. The van der Waals surface area contributed by atoms with Gasteiger partial charge in [0.15, 0.2) is 5.76 Å². The van der Waals surface area contributed by atoms with E-state index >= 15 is 0 Å². The van der Waals surface area contributed by atoms with Gasteiger partial charge in [-0.25, -0.2) is 0 Å². The van der Waals surface area contributed by atoms with Gasteiger partial charge in [0.2, 0.25) is 0 Å². The number of carbonyl (C=O) groups is 1. The molecule has 0 aliphatic carbocycles. The number of rotatable bonds is 5. The van der Waals surface area contributed by atoms with Crippen molar-refractivity contribution in [3.05, 3.63) is 54.0 Å². The molecule has 1 atom stereocenters. The Morgan fingerprint density at radius 2 is 2.17 bits per heavy atom. The summed E-state index contributed by atoms with van der Waals surface area (Å²) in [6.07, 6.45) is 3.64. The highest BCUT2D eigenvalue weighted by Crippen LogP contribution is 2.16. The summed E-state index contributed by atoms with van der Waals surface area (Å²) in [6.45, 7) is 2.28. The van der Waals surface area contributed by atoms with Crippen LogP contribution in [0, 0.1) is 0 Å². The average molecular weight is 314 g/mol. The van der Waals surface area contributed by atoms with Gasteiger partial charge < -0.3 is 19.4 Å². The third kappa shape index (κ3) is 4.13. The van der Waals surface area contributed by atoms with E-state index in [1.807, 2.05) is 30.3 Å². The molecule has 23 heavy (non-hydrogen) atoms. The molecular formula is C18H22N2O3. The maximum absolute atomic E-state index is 12.4. The van der Waals surface area contributed by atoms with Crippen molar-refractivity contribution >= 4 is 5.91 Å². The zero-order chi connectivity index (χ0) is 16.1. The normalized spacial score (nSPS) is 18.6. The largest absolute Gasteiger partial charge is 0.489 e.